The fourth-order valence-corrected chi connectivity index (χ4v) is 3.60. The fourth-order valence-electron chi connectivity index (χ4n) is 1.65. The molecule has 2 N–H and O–H groups in total. The van der Waals surface area contributed by atoms with Crippen LogP contribution in [0.5, 0.6) is 0 Å². The Bertz CT molecular complexity index is 509. The number of halogens is 2. The molecule has 84 valence electrons. The standard InChI is InChI=1S/C12H11BrClNS/c1-7-10(6-11(13)16-7)12(15)8-3-2-4-9(14)5-8/h2-6,12H,15H2,1H3. The van der Waals surface area contributed by atoms with E-state index in [-0.39, 0.29) is 6.04 Å². The predicted octanol–water partition coefficient (Wildman–Crippen LogP) is 4.52. The molecule has 1 nitrogen and oxygen atoms in total. The summed E-state index contributed by atoms with van der Waals surface area (Å²) in [6, 6.07) is 9.66. The van der Waals surface area contributed by atoms with E-state index in [2.05, 4.69) is 28.9 Å². The van der Waals surface area contributed by atoms with E-state index in [1.165, 1.54) is 4.88 Å². The van der Waals surface area contributed by atoms with E-state index in [0.717, 1.165) is 19.9 Å². The van der Waals surface area contributed by atoms with Crippen LogP contribution in [0.1, 0.15) is 22.0 Å². The van der Waals surface area contributed by atoms with Crippen molar-refractivity contribution in [2.45, 2.75) is 13.0 Å². The van der Waals surface area contributed by atoms with Gasteiger partial charge in [-0.25, -0.2) is 0 Å². The predicted molar refractivity (Wildman–Crippen MR) is 74.2 cm³/mol. The summed E-state index contributed by atoms with van der Waals surface area (Å²) in [4.78, 5) is 1.24. The second-order valence-corrected chi connectivity index (χ2v) is 6.67. The number of rotatable bonds is 2. The van der Waals surface area contributed by atoms with E-state index in [9.17, 15) is 0 Å². The summed E-state index contributed by atoms with van der Waals surface area (Å²) in [5, 5.41) is 0.722. The molecule has 2 aromatic rings. The van der Waals surface area contributed by atoms with Gasteiger partial charge in [-0.3, -0.25) is 0 Å². The average molecular weight is 317 g/mol. The highest BCUT2D eigenvalue weighted by Crippen LogP contribution is 2.32. The monoisotopic (exact) mass is 315 g/mol. The zero-order valence-corrected chi connectivity index (χ0v) is 11.9. The van der Waals surface area contributed by atoms with Gasteiger partial charge in [-0.2, -0.15) is 0 Å². The van der Waals surface area contributed by atoms with E-state index < -0.39 is 0 Å². The first-order chi connectivity index (χ1) is 7.58. The highest BCUT2D eigenvalue weighted by Gasteiger charge is 2.14. The Hall–Kier alpha value is -0.350. The largest absolute Gasteiger partial charge is 0.320 e. The zero-order valence-electron chi connectivity index (χ0n) is 8.71. The molecule has 1 aromatic carbocycles. The molecule has 1 unspecified atom stereocenters. The molecule has 1 heterocycles. The number of thiophene rings is 1. The van der Waals surface area contributed by atoms with Crippen LogP contribution in [0.25, 0.3) is 0 Å². The number of hydrogen-bond acceptors (Lipinski definition) is 2. The summed E-state index contributed by atoms with van der Waals surface area (Å²) in [5.41, 5.74) is 8.42. The van der Waals surface area contributed by atoms with Crippen LogP contribution in [0.3, 0.4) is 0 Å². The molecule has 0 radical (unpaired) electrons. The van der Waals surface area contributed by atoms with Crippen LogP contribution in [0, 0.1) is 6.92 Å². The third-order valence-corrected chi connectivity index (χ3v) is 4.27. The van der Waals surface area contributed by atoms with Crippen LogP contribution < -0.4 is 5.73 Å². The molecule has 0 aliphatic rings. The highest BCUT2D eigenvalue weighted by molar-refractivity contribution is 9.11. The lowest BCUT2D eigenvalue weighted by atomic mass is 10.0. The van der Waals surface area contributed by atoms with Crippen LogP contribution in [0.4, 0.5) is 0 Å². The fraction of sp³-hybridized carbons (Fsp3) is 0.167. The SMILES string of the molecule is Cc1sc(Br)cc1C(N)c1cccc(Cl)c1. The molecule has 1 atom stereocenters. The normalized spacial score (nSPS) is 12.8. The Kier molecular flexibility index (Phi) is 3.70. The van der Waals surface area contributed by atoms with Crippen molar-refractivity contribution in [2.75, 3.05) is 0 Å². The van der Waals surface area contributed by atoms with Crippen LogP contribution >= 0.6 is 38.9 Å². The maximum Gasteiger partial charge on any atom is 0.0704 e. The molecule has 0 amide bonds. The minimum atomic E-state index is -0.110. The summed E-state index contributed by atoms with van der Waals surface area (Å²) < 4.78 is 1.11. The minimum Gasteiger partial charge on any atom is -0.320 e. The van der Waals surface area contributed by atoms with Gasteiger partial charge < -0.3 is 5.73 Å². The van der Waals surface area contributed by atoms with Gasteiger partial charge >= 0.3 is 0 Å². The molecule has 0 aliphatic carbocycles. The van der Waals surface area contributed by atoms with Crippen LogP contribution in [0.15, 0.2) is 34.1 Å². The van der Waals surface area contributed by atoms with Gasteiger partial charge in [0, 0.05) is 9.90 Å². The van der Waals surface area contributed by atoms with Crippen molar-refractivity contribution in [3.63, 3.8) is 0 Å². The van der Waals surface area contributed by atoms with E-state index in [1.54, 1.807) is 11.3 Å². The van der Waals surface area contributed by atoms with Gasteiger partial charge in [0.15, 0.2) is 0 Å². The van der Waals surface area contributed by atoms with Crippen LogP contribution in [-0.4, -0.2) is 0 Å². The first-order valence-corrected chi connectivity index (χ1v) is 6.83. The van der Waals surface area contributed by atoms with Gasteiger partial charge in [-0.15, -0.1) is 11.3 Å². The number of nitrogens with two attached hydrogens (primary N) is 1. The molecule has 0 aliphatic heterocycles. The van der Waals surface area contributed by atoms with E-state index in [0.29, 0.717) is 0 Å². The van der Waals surface area contributed by atoms with Crippen molar-refractivity contribution in [2.24, 2.45) is 5.73 Å². The molecule has 0 saturated heterocycles. The zero-order chi connectivity index (χ0) is 11.7. The van der Waals surface area contributed by atoms with E-state index in [1.807, 2.05) is 24.3 Å². The molecule has 2 rings (SSSR count). The summed E-state index contributed by atoms with van der Waals surface area (Å²) in [7, 11) is 0. The van der Waals surface area contributed by atoms with Crippen LogP contribution in [-0.2, 0) is 0 Å². The quantitative estimate of drug-likeness (QED) is 0.866. The maximum atomic E-state index is 6.23. The average Bonchev–Trinajstić information content (AvgIpc) is 2.57. The van der Waals surface area contributed by atoms with Crippen molar-refractivity contribution >= 4 is 38.9 Å². The Morgan fingerprint density at radius 3 is 2.69 bits per heavy atom. The van der Waals surface area contributed by atoms with Gasteiger partial charge in [-0.05, 0) is 52.2 Å². The molecular weight excluding hydrogens is 306 g/mol. The summed E-state index contributed by atoms with van der Waals surface area (Å²) in [6.07, 6.45) is 0. The summed E-state index contributed by atoms with van der Waals surface area (Å²) >= 11 is 11.1. The van der Waals surface area contributed by atoms with Crippen LogP contribution in [0.2, 0.25) is 5.02 Å². The molecule has 0 bridgehead atoms. The molecule has 16 heavy (non-hydrogen) atoms. The minimum absolute atomic E-state index is 0.110. The van der Waals surface area contributed by atoms with Gasteiger partial charge in [0.05, 0.1) is 9.83 Å². The lowest BCUT2D eigenvalue weighted by Gasteiger charge is -2.12. The molecule has 0 fully saturated rings. The van der Waals surface area contributed by atoms with Crippen molar-refractivity contribution in [3.05, 3.63) is 55.1 Å². The third-order valence-electron chi connectivity index (χ3n) is 2.47. The summed E-state index contributed by atoms with van der Waals surface area (Å²) in [5.74, 6) is 0. The Balaban J connectivity index is 2.38. The molecule has 4 heteroatoms. The Labute approximate surface area is 112 Å². The summed E-state index contributed by atoms with van der Waals surface area (Å²) in [6.45, 7) is 2.08. The van der Waals surface area contributed by atoms with Crippen molar-refractivity contribution in [1.29, 1.82) is 0 Å². The molecule has 0 spiro atoms. The topological polar surface area (TPSA) is 26.0 Å². The lowest BCUT2D eigenvalue weighted by molar-refractivity contribution is 0.869. The number of benzene rings is 1. The highest BCUT2D eigenvalue weighted by atomic mass is 79.9. The van der Waals surface area contributed by atoms with E-state index >= 15 is 0 Å². The lowest BCUT2D eigenvalue weighted by Crippen LogP contribution is -2.11. The van der Waals surface area contributed by atoms with Crippen molar-refractivity contribution in [1.82, 2.24) is 0 Å². The third kappa shape index (κ3) is 2.48. The maximum absolute atomic E-state index is 6.23. The molecule has 1 aromatic heterocycles. The molecular formula is C12H11BrClNS. The molecule has 0 saturated carbocycles. The Morgan fingerprint density at radius 1 is 1.38 bits per heavy atom. The first kappa shape index (κ1) is 12.1. The van der Waals surface area contributed by atoms with Gasteiger partial charge in [-0.1, -0.05) is 23.7 Å². The van der Waals surface area contributed by atoms with Crippen molar-refractivity contribution < 1.29 is 0 Å². The smallest absolute Gasteiger partial charge is 0.0704 e. The van der Waals surface area contributed by atoms with Gasteiger partial charge in [0.2, 0.25) is 0 Å². The second kappa shape index (κ2) is 4.88. The number of hydrogen-bond donors (Lipinski definition) is 1. The number of aryl methyl sites for hydroxylation is 1. The van der Waals surface area contributed by atoms with E-state index in [4.69, 9.17) is 17.3 Å². The Morgan fingerprint density at radius 2 is 2.12 bits per heavy atom. The first-order valence-electron chi connectivity index (χ1n) is 4.85. The van der Waals surface area contributed by atoms with Gasteiger partial charge in [0.25, 0.3) is 0 Å². The van der Waals surface area contributed by atoms with Gasteiger partial charge in [0.1, 0.15) is 0 Å². The van der Waals surface area contributed by atoms with Crippen molar-refractivity contribution in [3.8, 4) is 0 Å². The second-order valence-electron chi connectivity index (χ2n) is 3.59.